The van der Waals surface area contributed by atoms with Gasteiger partial charge in [-0.1, -0.05) is 176 Å². The highest BCUT2D eigenvalue weighted by molar-refractivity contribution is 6.17. The first-order valence-corrected chi connectivity index (χ1v) is 19.8. The van der Waals surface area contributed by atoms with Gasteiger partial charge in [-0.05, 0) is 103 Å². The number of nitrogens with zero attached hydrogens (tertiary/aromatic N) is 1. The third-order valence-corrected chi connectivity index (χ3v) is 11.5. The van der Waals surface area contributed by atoms with Crippen LogP contribution in [0, 0.1) is 0 Å². The molecule has 11 aromatic rings. The minimum absolute atomic E-state index is 0.856. The second-order valence-electron chi connectivity index (χ2n) is 14.9. The lowest BCUT2D eigenvalue weighted by atomic mass is 9.87. The van der Waals surface area contributed by atoms with E-state index in [1.54, 1.807) is 0 Å². The fourth-order valence-corrected chi connectivity index (χ4v) is 8.70. The van der Waals surface area contributed by atoms with Crippen molar-refractivity contribution in [1.82, 2.24) is 0 Å². The van der Waals surface area contributed by atoms with E-state index >= 15 is 0 Å². The Morgan fingerprint density at radius 3 is 1.55 bits per heavy atom. The summed E-state index contributed by atoms with van der Waals surface area (Å²) in [5.74, 6) is 0. The van der Waals surface area contributed by atoms with Gasteiger partial charge >= 0.3 is 0 Å². The summed E-state index contributed by atoms with van der Waals surface area (Å²) >= 11 is 0. The summed E-state index contributed by atoms with van der Waals surface area (Å²) in [4.78, 5) is 2.41. The molecule has 10 aromatic carbocycles. The lowest BCUT2D eigenvalue weighted by molar-refractivity contribution is 0.669. The van der Waals surface area contributed by atoms with Gasteiger partial charge < -0.3 is 9.32 Å². The number of hydrogen-bond donors (Lipinski definition) is 0. The average Bonchev–Trinajstić information content (AvgIpc) is 3.68. The molecule has 0 saturated carbocycles. The maximum absolute atomic E-state index is 6.53. The zero-order valence-corrected chi connectivity index (χ0v) is 31.7. The largest absolute Gasteiger partial charge is 0.456 e. The minimum Gasteiger partial charge on any atom is -0.456 e. The molecular weight excluding hydrogens is 703 g/mol. The Balaban J connectivity index is 1.19. The van der Waals surface area contributed by atoms with Gasteiger partial charge in [0.05, 0.1) is 5.69 Å². The van der Waals surface area contributed by atoms with Crippen molar-refractivity contribution in [3.8, 4) is 44.5 Å². The van der Waals surface area contributed by atoms with Crippen LogP contribution in [0.4, 0.5) is 17.1 Å². The second-order valence-corrected chi connectivity index (χ2v) is 14.9. The first-order valence-electron chi connectivity index (χ1n) is 19.8. The molecule has 0 aliphatic carbocycles. The van der Waals surface area contributed by atoms with Gasteiger partial charge in [0.1, 0.15) is 11.2 Å². The molecule has 1 aromatic heterocycles. The average molecular weight is 740 g/mol. The molecule has 0 aliphatic heterocycles. The highest BCUT2D eigenvalue weighted by atomic mass is 16.3. The van der Waals surface area contributed by atoms with E-state index < -0.39 is 0 Å². The first-order chi connectivity index (χ1) is 28.8. The standard InChI is InChI=1S/C56H37NO/c1-3-14-38(15-4-1)40-26-28-42(29-27-40)47-23-13-24-53(56(47)52-36-43-18-7-8-19-46(43)48-20-9-10-21-49(48)52)57(44-32-30-41(31-33-44)39-16-5-2-6-17-39)45-34-35-51-50-22-11-12-25-54(50)58-55(51)37-45/h1-37H. The number of para-hydroxylation sites is 1. The predicted octanol–water partition coefficient (Wildman–Crippen LogP) is 16.0. The summed E-state index contributed by atoms with van der Waals surface area (Å²) in [7, 11) is 0. The van der Waals surface area contributed by atoms with Crippen LogP contribution in [0.1, 0.15) is 0 Å². The van der Waals surface area contributed by atoms with Gasteiger partial charge in [0.25, 0.3) is 0 Å². The molecule has 58 heavy (non-hydrogen) atoms. The number of fused-ring (bicyclic) bond motifs is 6. The van der Waals surface area contributed by atoms with E-state index in [0.29, 0.717) is 0 Å². The molecule has 0 aliphatic rings. The predicted molar refractivity (Wildman–Crippen MR) is 245 cm³/mol. The van der Waals surface area contributed by atoms with E-state index in [-0.39, 0.29) is 0 Å². The Morgan fingerprint density at radius 1 is 0.293 bits per heavy atom. The number of hydrogen-bond acceptors (Lipinski definition) is 2. The molecule has 272 valence electrons. The Hall–Kier alpha value is -7.68. The first kappa shape index (κ1) is 33.6. The van der Waals surface area contributed by atoms with Crippen LogP contribution in [-0.2, 0) is 0 Å². The molecule has 0 fully saturated rings. The van der Waals surface area contributed by atoms with Crippen LogP contribution >= 0.6 is 0 Å². The third kappa shape index (κ3) is 5.82. The van der Waals surface area contributed by atoms with Crippen molar-refractivity contribution in [2.24, 2.45) is 0 Å². The molecule has 11 rings (SSSR count). The summed E-state index contributed by atoms with van der Waals surface area (Å²) < 4.78 is 6.53. The lowest BCUT2D eigenvalue weighted by Gasteiger charge is -2.30. The highest BCUT2D eigenvalue weighted by Gasteiger charge is 2.24. The molecule has 1 heterocycles. The molecule has 0 bridgehead atoms. The molecular formula is C56H37NO. The van der Waals surface area contributed by atoms with Crippen LogP contribution in [0.25, 0.3) is 88.0 Å². The third-order valence-electron chi connectivity index (χ3n) is 11.5. The van der Waals surface area contributed by atoms with E-state index in [1.165, 1.54) is 49.4 Å². The molecule has 0 radical (unpaired) electrons. The van der Waals surface area contributed by atoms with Gasteiger partial charge in [0, 0.05) is 33.8 Å². The normalized spacial score (nSPS) is 11.4. The smallest absolute Gasteiger partial charge is 0.137 e. The van der Waals surface area contributed by atoms with E-state index in [9.17, 15) is 0 Å². The van der Waals surface area contributed by atoms with E-state index in [0.717, 1.165) is 55.7 Å². The van der Waals surface area contributed by atoms with Gasteiger partial charge in [-0.25, -0.2) is 0 Å². The topological polar surface area (TPSA) is 16.4 Å². The summed E-state index contributed by atoms with van der Waals surface area (Å²) in [6, 6.07) is 80.8. The highest BCUT2D eigenvalue weighted by Crippen LogP contribution is 2.49. The molecule has 2 heteroatoms. The number of rotatable bonds is 7. The van der Waals surface area contributed by atoms with Crippen molar-refractivity contribution in [1.29, 1.82) is 0 Å². The van der Waals surface area contributed by atoms with E-state index in [2.05, 4.69) is 217 Å². The quantitative estimate of drug-likeness (QED) is 0.151. The Morgan fingerprint density at radius 2 is 0.828 bits per heavy atom. The van der Waals surface area contributed by atoms with Crippen LogP contribution in [0.15, 0.2) is 229 Å². The van der Waals surface area contributed by atoms with Crippen molar-refractivity contribution in [3.63, 3.8) is 0 Å². The van der Waals surface area contributed by atoms with Crippen LogP contribution in [0.2, 0.25) is 0 Å². The van der Waals surface area contributed by atoms with Crippen molar-refractivity contribution < 1.29 is 4.42 Å². The van der Waals surface area contributed by atoms with Crippen LogP contribution < -0.4 is 4.90 Å². The van der Waals surface area contributed by atoms with E-state index in [1.807, 2.05) is 12.1 Å². The maximum atomic E-state index is 6.53. The zero-order chi connectivity index (χ0) is 38.4. The minimum atomic E-state index is 0.856. The molecule has 0 amide bonds. The summed E-state index contributed by atoms with van der Waals surface area (Å²) in [6.45, 7) is 0. The molecule has 0 N–H and O–H groups in total. The van der Waals surface area contributed by atoms with Crippen molar-refractivity contribution in [3.05, 3.63) is 224 Å². The van der Waals surface area contributed by atoms with Gasteiger partial charge in [0.15, 0.2) is 0 Å². The van der Waals surface area contributed by atoms with Gasteiger partial charge in [-0.3, -0.25) is 0 Å². The van der Waals surface area contributed by atoms with Crippen LogP contribution in [0.5, 0.6) is 0 Å². The fraction of sp³-hybridized carbons (Fsp3) is 0. The molecule has 0 saturated heterocycles. The summed E-state index contributed by atoms with van der Waals surface area (Å²) in [5, 5.41) is 7.12. The Labute approximate surface area is 337 Å². The van der Waals surface area contributed by atoms with Crippen molar-refractivity contribution >= 4 is 60.5 Å². The zero-order valence-electron chi connectivity index (χ0n) is 31.7. The SMILES string of the molecule is c1ccc(-c2ccc(-c3cccc(N(c4ccc(-c5ccccc5)cc4)c4ccc5c(c4)oc4ccccc45)c3-c3cc4ccccc4c4ccccc34)cc2)cc1. The second kappa shape index (κ2) is 14.1. The van der Waals surface area contributed by atoms with Crippen molar-refractivity contribution in [2.45, 2.75) is 0 Å². The molecule has 0 unspecified atom stereocenters. The maximum Gasteiger partial charge on any atom is 0.137 e. The molecule has 2 nitrogen and oxygen atoms in total. The van der Waals surface area contributed by atoms with Gasteiger partial charge in [0.2, 0.25) is 0 Å². The summed E-state index contributed by atoms with van der Waals surface area (Å²) in [5.41, 5.74) is 14.3. The number of benzene rings is 10. The molecule has 0 spiro atoms. The lowest BCUT2D eigenvalue weighted by Crippen LogP contribution is -2.12. The Bertz CT molecular complexity index is 3250. The van der Waals surface area contributed by atoms with Crippen LogP contribution in [0.3, 0.4) is 0 Å². The monoisotopic (exact) mass is 739 g/mol. The molecule has 0 atom stereocenters. The van der Waals surface area contributed by atoms with Crippen molar-refractivity contribution in [2.75, 3.05) is 4.90 Å². The summed E-state index contributed by atoms with van der Waals surface area (Å²) in [6.07, 6.45) is 0. The van der Waals surface area contributed by atoms with Gasteiger partial charge in [-0.15, -0.1) is 0 Å². The Kier molecular flexibility index (Phi) is 8.19. The number of anilines is 3. The fourth-order valence-electron chi connectivity index (χ4n) is 8.70. The number of furan rings is 1. The van der Waals surface area contributed by atoms with Crippen LogP contribution in [-0.4, -0.2) is 0 Å². The van der Waals surface area contributed by atoms with E-state index in [4.69, 9.17) is 4.42 Å². The van der Waals surface area contributed by atoms with Gasteiger partial charge in [-0.2, -0.15) is 0 Å².